The first kappa shape index (κ1) is 27.0. The third-order valence-corrected chi connectivity index (χ3v) is 10.3. The lowest BCUT2D eigenvalue weighted by atomic mass is 9.95. The average Bonchev–Trinajstić information content (AvgIpc) is 3.74. The van der Waals surface area contributed by atoms with Crippen LogP contribution in [0.25, 0.3) is 98.2 Å². The van der Waals surface area contributed by atoms with Gasteiger partial charge in [0.15, 0.2) is 17.5 Å². The van der Waals surface area contributed by atoms with Gasteiger partial charge in [-0.15, -0.1) is 11.3 Å². The summed E-state index contributed by atoms with van der Waals surface area (Å²) in [5.74, 6) is 1.91. The molecule has 0 aliphatic heterocycles. The van der Waals surface area contributed by atoms with Crippen LogP contribution in [0.3, 0.4) is 0 Å². The lowest BCUT2D eigenvalue weighted by molar-refractivity contribution is 0.673. The van der Waals surface area contributed by atoms with Crippen LogP contribution in [0, 0.1) is 0 Å². The van der Waals surface area contributed by atoms with Gasteiger partial charge in [-0.25, -0.2) is 15.0 Å². The van der Waals surface area contributed by atoms with Gasteiger partial charge in [0.2, 0.25) is 0 Å². The van der Waals surface area contributed by atoms with E-state index in [1.54, 1.807) is 11.3 Å². The van der Waals surface area contributed by atoms with E-state index < -0.39 is 0 Å². The molecule has 0 atom stereocenters. The summed E-state index contributed by atoms with van der Waals surface area (Å²) in [6.45, 7) is 0. The summed E-state index contributed by atoms with van der Waals surface area (Å²) in [4.78, 5) is 15.4. The van der Waals surface area contributed by atoms with E-state index in [0.29, 0.717) is 17.5 Å². The van der Waals surface area contributed by atoms with E-state index in [2.05, 4.69) is 115 Å². The van der Waals surface area contributed by atoms with E-state index in [-0.39, 0.29) is 0 Å². The molecule has 10 aromatic rings. The van der Waals surface area contributed by atoms with Crippen LogP contribution in [0.4, 0.5) is 0 Å². The average molecular weight is 632 g/mol. The molecule has 0 amide bonds. The molecular formula is C43H25N3OS. The molecule has 5 heteroatoms. The Morgan fingerprint density at radius 2 is 1.08 bits per heavy atom. The standard InChI is InChI=1S/C43H25N3OS/c1-3-12-26(13-4-1)33-24-28-16-7-8-17-30(28)40-39(33)34-25-29(22-23-35(34)47-40)42-44-41(27-14-5-2-6-15-27)45-43(46-42)32-19-11-21-37-38(32)31-18-9-10-20-36(31)48-37/h1-25H. The zero-order chi connectivity index (χ0) is 31.6. The molecule has 0 radical (unpaired) electrons. The van der Waals surface area contributed by atoms with Crippen molar-refractivity contribution in [3.63, 3.8) is 0 Å². The number of thiophene rings is 1. The van der Waals surface area contributed by atoms with Crippen molar-refractivity contribution in [2.75, 3.05) is 0 Å². The fraction of sp³-hybridized carbons (Fsp3) is 0. The van der Waals surface area contributed by atoms with Gasteiger partial charge in [0.05, 0.1) is 0 Å². The highest BCUT2D eigenvalue weighted by Gasteiger charge is 2.20. The number of hydrogen-bond acceptors (Lipinski definition) is 5. The van der Waals surface area contributed by atoms with E-state index >= 15 is 0 Å². The summed E-state index contributed by atoms with van der Waals surface area (Å²) in [6, 6.07) is 52.6. The van der Waals surface area contributed by atoms with E-state index in [0.717, 1.165) is 60.5 Å². The minimum absolute atomic E-state index is 0.619. The smallest absolute Gasteiger partial charge is 0.164 e. The number of hydrogen-bond donors (Lipinski definition) is 0. The monoisotopic (exact) mass is 631 g/mol. The number of aromatic nitrogens is 3. The number of benzene rings is 7. The molecule has 4 nitrogen and oxygen atoms in total. The molecule has 0 aliphatic rings. The number of rotatable bonds is 4. The zero-order valence-electron chi connectivity index (χ0n) is 25.6. The van der Waals surface area contributed by atoms with Gasteiger partial charge in [0, 0.05) is 53.0 Å². The molecule has 0 spiro atoms. The molecule has 224 valence electrons. The highest BCUT2D eigenvalue weighted by molar-refractivity contribution is 7.25. The highest BCUT2D eigenvalue weighted by Crippen LogP contribution is 2.43. The minimum Gasteiger partial charge on any atom is -0.455 e. The van der Waals surface area contributed by atoms with Gasteiger partial charge in [-0.2, -0.15) is 0 Å². The van der Waals surface area contributed by atoms with Gasteiger partial charge >= 0.3 is 0 Å². The quantitative estimate of drug-likeness (QED) is 0.194. The summed E-state index contributed by atoms with van der Waals surface area (Å²) >= 11 is 1.79. The van der Waals surface area contributed by atoms with Crippen LogP contribution in [0.5, 0.6) is 0 Å². The van der Waals surface area contributed by atoms with Gasteiger partial charge in [0.25, 0.3) is 0 Å². The Morgan fingerprint density at radius 1 is 0.417 bits per heavy atom. The summed E-state index contributed by atoms with van der Waals surface area (Å²) in [7, 11) is 0. The van der Waals surface area contributed by atoms with E-state index in [4.69, 9.17) is 19.4 Å². The SMILES string of the molecule is c1ccc(-c2nc(-c3ccc4oc5c6ccccc6cc(-c6ccccc6)c5c4c3)nc(-c3cccc4sc5ccccc5c34)n2)cc1. The summed E-state index contributed by atoms with van der Waals surface area (Å²) in [6.07, 6.45) is 0. The van der Waals surface area contributed by atoms with Crippen LogP contribution in [0.15, 0.2) is 156 Å². The third-order valence-electron chi connectivity index (χ3n) is 9.12. The van der Waals surface area contributed by atoms with Crippen LogP contribution in [-0.2, 0) is 0 Å². The van der Waals surface area contributed by atoms with Crippen molar-refractivity contribution in [2.24, 2.45) is 0 Å². The molecule has 7 aromatic carbocycles. The molecular weight excluding hydrogens is 607 g/mol. The van der Waals surface area contributed by atoms with Crippen LogP contribution < -0.4 is 0 Å². The van der Waals surface area contributed by atoms with Gasteiger partial charge in [-0.3, -0.25) is 0 Å². The number of nitrogens with zero attached hydrogens (tertiary/aromatic N) is 3. The molecule has 10 rings (SSSR count). The second-order valence-corrected chi connectivity index (χ2v) is 13.1. The lowest BCUT2D eigenvalue weighted by Crippen LogP contribution is -2.00. The van der Waals surface area contributed by atoms with Crippen LogP contribution in [0.2, 0.25) is 0 Å². The topological polar surface area (TPSA) is 51.8 Å². The Balaban J connectivity index is 1.25. The summed E-state index contributed by atoms with van der Waals surface area (Å²) < 4.78 is 9.09. The first-order valence-electron chi connectivity index (χ1n) is 15.9. The van der Waals surface area contributed by atoms with E-state index in [9.17, 15) is 0 Å². The van der Waals surface area contributed by atoms with Crippen LogP contribution >= 0.6 is 11.3 Å². The second kappa shape index (κ2) is 10.7. The lowest BCUT2D eigenvalue weighted by Gasteiger charge is -2.10. The molecule has 0 N–H and O–H groups in total. The Morgan fingerprint density at radius 3 is 1.92 bits per heavy atom. The normalized spacial score (nSPS) is 11.8. The second-order valence-electron chi connectivity index (χ2n) is 12.0. The number of fused-ring (bicyclic) bond motifs is 8. The van der Waals surface area contributed by atoms with Crippen molar-refractivity contribution in [1.82, 2.24) is 15.0 Å². The maximum atomic E-state index is 6.63. The molecule has 0 bridgehead atoms. The predicted molar refractivity (Wildman–Crippen MR) is 199 cm³/mol. The maximum Gasteiger partial charge on any atom is 0.164 e. The first-order chi connectivity index (χ1) is 23.8. The van der Waals surface area contributed by atoms with Crippen molar-refractivity contribution in [3.8, 4) is 45.3 Å². The summed E-state index contributed by atoms with van der Waals surface area (Å²) in [5, 5.41) is 6.74. The largest absolute Gasteiger partial charge is 0.455 e. The highest BCUT2D eigenvalue weighted by atomic mass is 32.1. The van der Waals surface area contributed by atoms with Crippen LogP contribution in [0.1, 0.15) is 0 Å². The fourth-order valence-electron chi connectivity index (χ4n) is 6.90. The van der Waals surface area contributed by atoms with Gasteiger partial charge in [-0.1, -0.05) is 115 Å². The van der Waals surface area contributed by atoms with Crippen LogP contribution in [-0.4, -0.2) is 15.0 Å². The molecule has 0 aliphatic carbocycles. The Hall–Kier alpha value is -6.17. The molecule has 48 heavy (non-hydrogen) atoms. The Kier molecular flexibility index (Phi) is 6.01. The fourth-order valence-corrected chi connectivity index (χ4v) is 8.03. The van der Waals surface area contributed by atoms with Gasteiger partial charge < -0.3 is 4.42 Å². The maximum absolute atomic E-state index is 6.63. The van der Waals surface area contributed by atoms with Gasteiger partial charge in [0.1, 0.15) is 11.2 Å². The van der Waals surface area contributed by atoms with Crippen molar-refractivity contribution in [1.29, 1.82) is 0 Å². The third kappa shape index (κ3) is 4.25. The number of furan rings is 1. The Labute approximate surface area is 279 Å². The molecule has 0 saturated carbocycles. The summed E-state index contributed by atoms with van der Waals surface area (Å²) in [5.41, 5.74) is 6.84. The van der Waals surface area contributed by atoms with E-state index in [1.165, 1.54) is 20.2 Å². The minimum atomic E-state index is 0.619. The predicted octanol–water partition coefficient (Wildman–Crippen LogP) is 12.0. The first-order valence-corrected chi connectivity index (χ1v) is 16.8. The van der Waals surface area contributed by atoms with Crippen molar-refractivity contribution < 1.29 is 4.42 Å². The van der Waals surface area contributed by atoms with Crippen molar-refractivity contribution >= 4 is 64.2 Å². The van der Waals surface area contributed by atoms with Gasteiger partial charge in [-0.05, 0) is 52.9 Å². The van der Waals surface area contributed by atoms with E-state index in [1.807, 2.05) is 36.4 Å². The van der Waals surface area contributed by atoms with Crippen molar-refractivity contribution in [2.45, 2.75) is 0 Å². The molecule has 0 fully saturated rings. The molecule has 0 unspecified atom stereocenters. The molecule has 3 heterocycles. The molecule has 3 aromatic heterocycles. The zero-order valence-corrected chi connectivity index (χ0v) is 26.4. The van der Waals surface area contributed by atoms with Crippen molar-refractivity contribution in [3.05, 3.63) is 152 Å². The molecule has 0 saturated heterocycles. The Bertz CT molecular complexity index is 2840.